The van der Waals surface area contributed by atoms with Gasteiger partial charge in [0.25, 0.3) is 5.91 Å². The van der Waals surface area contributed by atoms with Crippen molar-refractivity contribution in [2.24, 2.45) is 0 Å². The van der Waals surface area contributed by atoms with Gasteiger partial charge in [0, 0.05) is 10.7 Å². The van der Waals surface area contributed by atoms with E-state index in [1.54, 1.807) is 60.7 Å². The topological polar surface area (TPSA) is 67.4 Å². The van der Waals surface area contributed by atoms with Gasteiger partial charge in [0.2, 0.25) is 0 Å². The quantitative estimate of drug-likeness (QED) is 0.576. The summed E-state index contributed by atoms with van der Waals surface area (Å²) in [5.74, 6) is 0.139. The summed E-state index contributed by atoms with van der Waals surface area (Å²) in [6.45, 7) is 0.374. The number of amides is 3. The van der Waals surface area contributed by atoms with Crippen molar-refractivity contribution in [2.45, 2.75) is 6.61 Å². The van der Waals surface area contributed by atoms with Gasteiger partial charge in [0.05, 0.1) is 10.6 Å². The van der Waals surface area contributed by atoms with Crippen LogP contribution in [-0.2, 0) is 6.61 Å². The monoisotopic (exact) mass is 414 g/mol. The third-order valence-electron chi connectivity index (χ3n) is 3.78. The number of urea groups is 1. The molecule has 3 aromatic carbocycles. The number of benzene rings is 3. The SMILES string of the molecule is O=C(NC(=O)c1ccccc1Cl)Nc1ccc(COc2ccc(Cl)cc2)cc1. The third kappa shape index (κ3) is 5.49. The minimum Gasteiger partial charge on any atom is -0.489 e. The lowest BCUT2D eigenvalue weighted by Crippen LogP contribution is -2.34. The fraction of sp³-hybridized carbons (Fsp3) is 0.0476. The highest BCUT2D eigenvalue weighted by Crippen LogP contribution is 2.18. The maximum atomic E-state index is 12.1. The number of hydrogen-bond donors (Lipinski definition) is 2. The van der Waals surface area contributed by atoms with Gasteiger partial charge < -0.3 is 10.1 Å². The van der Waals surface area contributed by atoms with Crippen LogP contribution in [0.2, 0.25) is 10.0 Å². The molecule has 3 amide bonds. The highest BCUT2D eigenvalue weighted by Gasteiger charge is 2.13. The molecule has 3 aromatic rings. The zero-order valence-electron chi connectivity index (χ0n) is 14.6. The van der Waals surface area contributed by atoms with E-state index in [9.17, 15) is 9.59 Å². The second-order valence-corrected chi connectivity index (χ2v) is 6.67. The molecule has 28 heavy (non-hydrogen) atoms. The van der Waals surface area contributed by atoms with Crippen molar-refractivity contribution in [1.29, 1.82) is 0 Å². The number of halogens is 2. The summed E-state index contributed by atoms with van der Waals surface area (Å²) in [4.78, 5) is 24.1. The smallest absolute Gasteiger partial charge is 0.326 e. The number of hydrogen-bond acceptors (Lipinski definition) is 3. The molecular formula is C21H16Cl2N2O3. The Morgan fingerprint density at radius 1 is 0.857 bits per heavy atom. The van der Waals surface area contributed by atoms with Gasteiger partial charge in [0.15, 0.2) is 0 Å². The van der Waals surface area contributed by atoms with Crippen molar-refractivity contribution in [3.8, 4) is 5.75 Å². The minimum absolute atomic E-state index is 0.231. The zero-order chi connectivity index (χ0) is 19.9. The van der Waals surface area contributed by atoms with E-state index in [0.29, 0.717) is 23.1 Å². The number of rotatable bonds is 5. The number of ether oxygens (including phenoxy) is 1. The predicted octanol–water partition coefficient (Wildman–Crippen LogP) is 5.53. The molecule has 0 bridgehead atoms. The first-order chi connectivity index (χ1) is 13.5. The Kier molecular flexibility index (Phi) is 6.53. The molecule has 0 saturated heterocycles. The van der Waals surface area contributed by atoms with Crippen LogP contribution in [0.15, 0.2) is 72.8 Å². The van der Waals surface area contributed by atoms with Crippen molar-refractivity contribution in [3.63, 3.8) is 0 Å². The van der Waals surface area contributed by atoms with Crippen molar-refractivity contribution in [1.82, 2.24) is 5.32 Å². The molecule has 0 aromatic heterocycles. The summed E-state index contributed by atoms with van der Waals surface area (Å²) in [6.07, 6.45) is 0. The molecule has 0 atom stereocenters. The highest BCUT2D eigenvalue weighted by molar-refractivity contribution is 6.34. The molecule has 0 fully saturated rings. The van der Waals surface area contributed by atoms with Crippen LogP contribution in [0.1, 0.15) is 15.9 Å². The van der Waals surface area contributed by atoms with E-state index in [0.717, 1.165) is 5.56 Å². The minimum atomic E-state index is -0.643. The second kappa shape index (κ2) is 9.26. The molecule has 0 spiro atoms. The molecule has 0 unspecified atom stereocenters. The van der Waals surface area contributed by atoms with E-state index in [1.165, 1.54) is 0 Å². The lowest BCUT2D eigenvalue weighted by Gasteiger charge is -2.09. The maximum absolute atomic E-state index is 12.1. The Bertz CT molecular complexity index is 974. The van der Waals surface area contributed by atoms with Crippen molar-refractivity contribution >= 4 is 40.8 Å². The Hall–Kier alpha value is -3.02. The molecule has 0 radical (unpaired) electrons. The molecule has 3 rings (SSSR count). The molecule has 7 heteroatoms. The van der Waals surface area contributed by atoms with Crippen LogP contribution in [0.25, 0.3) is 0 Å². The van der Waals surface area contributed by atoms with Gasteiger partial charge in [-0.2, -0.15) is 0 Å². The van der Waals surface area contributed by atoms with E-state index in [1.807, 2.05) is 12.1 Å². The number of nitrogens with one attached hydrogen (secondary N) is 2. The number of carbonyl (C=O) groups excluding carboxylic acids is 2. The van der Waals surface area contributed by atoms with E-state index in [-0.39, 0.29) is 10.6 Å². The first-order valence-electron chi connectivity index (χ1n) is 8.35. The fourth-order valence-electron chi connectivity index (χ4n) is 2.36. The molecule has 142 valence electrons. The van der Waals surface area contributed by atoms with Crippen LogP contribution in [0, 0.1) is 0 Å². The van der Waals surface area contributed by atoms with Crippen LogP contribution in [0.3, 0.4) is 0 Å². The fourth-order valence-corrected chi connectivity index (χ4v) is 2.71. The molecule has 5 nitrogen and oxygen atoms in total. The standard InChI is InChI=1S/C21H16Cl2N2O3/c22-15-7-11-17(12-8-15)28-13-14-5-9-16(10-6-14)24-21(27)25-20(26)18-3-1-2-4-19(18)23/h1-12H,13H2,(H2,24,25,26,27). The summed E-state index contributed by atoms with van der Waals surface area (Å²) in [5.41, 5.74) is 1.70. The number of imide groups is 1. The van der Waals surface area contributed by atoms with Crippen molar-refractivity contribution < 1.29 is 14.3 Å². The molecule has 0 aliphatic rings. The third-order valence-corrected chi connectivity index (χ3v) is 4.36. The summed E-state index contributed by atoms with van der Waals surface area (Å²) < 4.78 is 5.67. The lowest BCUT2D eigenvalue weighted by molar-refractivity contribution is 0.0967. The summed E-state index contributed by atoms with van der Waals surface area (Å²) in [7, 11) is 0. The molecule has 0 saturated carbocycles. The summed E-state index contributed by atoms with van der Waals surface area (Å²) in [6, 6.07) is 20.0. The van der Waals surface area contributed by atoms with Gasteiger partial charge in [-0.1, -0.05) is 47.5 Å². The van der Waals surface area contributed by atoms with Gasteiger partial charge in [-0.15, -0.1) is 0 Å². The van der Waals surface area contributed by atoms with Crippen LogP contribution in [-0.4, -0.2) is 11.9 Å². The molecule has 0 aliphatic heterocycles. The van der Waals surface area contributed by atoms with Crippen LogP contribution in [0.5, 0.6) is 5.75 Å². The molecular weight excluding hydrogens is 399 g/mol. The molecule has 2 N–H and O–H groups in total. The lowest BCUT2D eigenvalue weighted by atomic mass is 10.2. The van der Waals surface area contributed by atoms with E-state index < -0.39 is 11.9 Å². The van der Waals surface area contributed by atoms with Gasteiger partial charge in [-0.25, -0.2) is 4.79 Å². The Balaban J connectivity index is 1.52. The number of carbonyl (C=O) groups is 2. The zero-order valence-corrected chi connectivity index (χ0v) is 16.1. The maximum Gasteiger partial charge on any atom is 0.326 e. The Labute approximate surface area is 172 Å². The van der Waals surface area contributed by atoms with Crippen molar-refractivity contribution in [2.75, 3.05) is 5.32 Å². The van der Waals surface area contributed by atoms with Crippen LogP contribution >= 0.6 is 23.2 Å². The van der Waals surface area contributed by atoms with Crippen LogP contribution in [0.4, 0.5) is 10.5 Å². The average Bonchev–Trinajstić information content (AvgIpc) is 2.69. The summed E-state index contributed by atoms with van der Waals surface area (Å²) >= 11 is 11.8. The van der Waals surface area contributed by atoms with E-state index in [4.69, 9.17) is 27.9 Å². The van der Waals surface area contributed by atoms with Gasteiger partial charge in [-0.3, -0.25) is 10.1 Å². The van der Waals surface area contributed by atoms with Gasteiger partial charge in [-0.05, 0) is 54.1 Å². The molecule has 0 heterocycles. The first kappa shape index (κ1) is 19.7. The van der Waals surface area contributed by atoms with Crippen molar-refractivity contribution in [3.05, 3.63) is 94.0 Å². The van der Waals surface area contributed by atoms with E-state index >= 15 is 0 Å². The average molecular weight is 415 g/mol. The Morgan fingerprint density at radius 2 is 1.54 bits per heavy atom. The van der Waals surface area contributed by atoms with Crippen LogP contribution < -0.4 is 15.4 Å². The first-order valence-corrected chi connectivity index (χ1v) is 9.11. The molecule has 0 aliphatic carbocycles. The van der Waals surface area contributed by atoms with Gasteiger partial charge in [0.1, 0.15) is 12.4 Å². The predicted molar refractivity (Wildman–Crippen MR) is 110 cm³/mol. The number of anilines is 1. The normalized spacial score (nSPS) is 10.2. The largest absolute Gasteiger partial charge is 0.489 e. The second-order valence-electron chi connectivity index (χ2n) is 5.83. The summed E-state index contributed by atoms with van der Waals surface area (Å²) in [5, 5.41) is 5.77. The van der Waals surface area contributed by atoms with Gasteiger partial charge >= 0.3 is 6.03 Å². The Morgan fingerprint density at radius 3 is 2.21 bits per heavy atom. The van der Waals surface area contributed by atoms with E-state index in [2.05, 4.69) is 10.6 Å². The highest BCUT2D eigenvalue weighted by atomic mass is 35.5.